The van der Waals surface area contributed by atoms with Crippen molar-refractivity contribution in [2.75, 3.05) is 11.9 Å². The summed E-state index contributed by atoms with van der Waals surface area (Å²) in [6.45, 7) is 1.55. The Kier molecular flexibility index (Phi) is 7.00. The van der Waals surface area contributed by atoms with Crippen LogP contribution >= 0.6 is 23.2 Å². The van der Waals surface area contributed by atoms with Gasteiger partial charge in [0.25, 0.3) is 5.91 Å². The van der Waals surface area contributed by atoms with Crippen LogP contribution in [0.3, 0.4) is 0 Å². The summed E-state index contributed by atoms with van der Waals surface area (Å²) in [7, 11) is 0. The van der Waals surface area contributed by atoms with Gasteiger partial charge in [-0.3, -0.25) is 14.4 Å². The molecule has 2 rings (SSSR count). The average molecular weight is 394 g/mol. The number of amides is 3. The molecule has 0 fully saturated rings. The van der Waals surface area contributed by atoms with Gasteiger partial charge in [-0.1, -0.05) is 35.3 Å². The molecule has 0 aliphatic heterocycles. The van der Waals surface area contributed by atoms with Crippen molar-refractivity contribution in [2.24, 2.45) is 0 Å². The number of anilines is 1. The highest BCUT2D eigenvalue weighted by Gasteiger charge is 2.12. The van der Waals surface area contributed by atoms with Crippen molar-refractivity contribution in [1.82, 2.24) is 10.6 Å². The second-order valence-electron chi connectivity index (χ2n) is 5.46. The molecule has 26 heavy (non-hydrogen) atoms. The standard InChI is InChI=1S/C18H17Cl2N3O3/c1-11(24)23-14-5-2-12(3-6-14)9-21-17(25)10-22-18(26)15-7-4-13(19)8-16(15)20/h2-8H,9-10H2,1H3,(H,21,25)(H,22,26)(H,23,24). The Bertz CT molecular complexity index is 823. The number of carbonyl (C=O) groups is 3. The van der Waals surface area contributed by atoms with Crippen LogP contribution in [0.2, 0.25) is 10.0 Å². The van der Waals surface area contributed by atoms with Crippen molar-refractivity contribution in [3.05, 3.63) is 63.6 Å². The maximum absolute atomic E-state index is 12.0. The van der Waals surface area contributed by atoms with Crippen LogP contribution < -0.4 is 16.0 Å². The average Bonchev–Trinajstić information content (AvgIpc) is 2.58. The fraction of sp³-hybridized carbons (Fsp3) is 0.167. The Morgan fingerprint density at radius 2 is 1.65 bits per heavy atom. The van der Waals surface area contributed by atoms with E-state index in [0.717, 1.165) is 5.56 Å². The molecule has 2 aromatic carbocycles. The van der Waals surface area contributed by atoms with Gasteiger partial charge in [0.1, 0.15) is 0 Å². The molecule has 0 unspecified atom stereocenters. The molecule has 0 saturated carbocycles. The molecule has 0 aliphatic carbocycles. The molecule has 0 spiro atoms. The van der Waals surface area contributed by atoms with E-state index in [4.69, 9.17) is 23.2 Å². The molecule has 8 heteroatoms. The summed E-state index contributed by atoms with van der Waals surface area (Å²) in [5.74, 6) is -0.946. The molecule has 3 N–H and O–H groups in total. The van der Waals surface area contributed by atoms with Gasteiger partial charge in [-0.05, 0) is 35.9 Å². The second kappa shape index (κ2) is 9.22. The fourth-order valence-corrected chi connectivity index (χ4v) is 2.60. The van der Waals surface area contributed by atoms with Crippen LogP contribution in [0.1, 0.15) is 22.8 Å². The number of hydrogen-bond acceptors (Lipinski definition) is 3. The smallest absolute Gasteiger partial charge is 0.253 e. The molecule has 0 bridgehead atoms. The van der Waals surface area contributed by atoms with Gasteiger partial charge in [-0.15, -0.1) is 0 Å². The quantitative estimate of drug-likeness (QED) is 0.704. The van der Waals surface area contributed by atoms with Gasteiger partial charge in [0.15, 0.2) is 0 Å². The summed E-state index contributed by atoms with van der Waals surface area (Å²) in [4.78, 5) is 34.9. The fourth-order valence-electron chi connectivity index (χ4n) is 2.10. The minimum absolute atomic E-state index is 0.150. The van der Waals surface area contributed by atoms with E-state index in [1.807, 2.05) is 0 Å². The highest BCUT2D eigenvalue weighted by atomic mass is 35.5. The predicted octanol–water partition coefficient (Wildman–Crippen LogP) is 3.00. The van der Waals surface area contributed by atoms with Crippen LogP contribution in [0.15, 0.2) is 42.5 Å². The normalized spacial score (nSPS) is 10.1. The molecular weight excluding hydrogens is 377 g/mol. The number of rotatable bonds is 6. The lowest BCUT2D eigenvalue weighted by Gasteiger charge is -2.09. The van der Waals surface area contributed by atoms with Crippen LogP contribution in [0.4, 0.5) is 5.69 Å². The Hall–Kier alpha value is -2.57. The third-order valence-corrected chi connectivity index (χ3v) is 3.90. The number of benzene rings is 2. The lowest BCUT2D eigenvalue weighted by molar-refractivity contribution is -0.120. The summed E-state index contributed by atoms with van der Waals surface area (Å²) >= 11 is 11.7. The van der Waals surface area contributed by atoms with E-state index in [1.165, 1.54) is 19.1 Å². The Morgan fingerprint density at radius 1 is 0.962 bits per heavy atom. The highest BCUT2D eigenvalue weighted by Crippen LogP contribution is 2.20. The Labute approximate surface area is 160 Å². The third-order valence-electron chi connectivity index (χ3n) is 3.35. The maximum Gasteiger partial charge on any atom is 0.253 e. The van der Waals surface area contributed by atoms with Gasteiger partial charge in [-0.2, -0.15) is 0 Å². The van der Waals surface area contributed by atoms with Crippen molar-refractivity contribution < 1.29 is 14.4 Å². The van der Waals surface area contributed by atoms with Crippen molar-refractivity contribution in [3.63, 3.8) is 0 Å². The van der Waals surface area contributed by atoms with Crippen LogP contribution in [-0.4, -0.2) is 24.3 Å². The minimum atomic E-state index is -0.457. The van der Waals surface area contributed by atoms with E-state index in [9.17, 15) is 14.4 Å². The first-order valence-corrected chi connectivity index (χ1v) is 8.47. The van der Waals surface area contributed by atoms with Crippen molar-refractivity contribution in [3.8, 4) is 0 Å². The van der Waals surface area contributed by atoms with Crippen LogP contribution in [0, 0.1) is 0 Å². The van der Waals surface area contributed by atoms with Crippen molar-refractivity contribution in [2.45, 2.75) is 13.5 Å². The van der Waals surface area contributed by atoms with E-state index in [1.54, 1.807) is 30.3 Å². The number of halogens is 2. The van der Waals surface area contributed by atoms with Gasteiger partial charge < -0.3 is 16.0 Å². The lowest BCUT2D eigenvalue weighted by atomic mass is 10.2. The number of hydrogen-bond donors (Lipinski definition) is 3. The van der Waals surface area contributed by atoms with Gasteiger partial charge in [0.05, 0.1) is 17.1 Å². The topological polar surface area (TPSA) is 87.3 Å². The number of carbonyl (C=O) groups excluding carboxylic acids is 3. The first-order chi connectivity index (χ1) is 12.3. The zero-order valence-electron chi connectivity index (χ0n) is 13.9. The molecule has 0 aromatic heterocycles. The third kappa shape index (κ3) is 6.06. The first-order valence-electron chi connectivity index (χ1n) is 7.71. The monoisotopic (exact) mass is 393 g/mol. The zero-order chi connectivity index (χ0) is 19.1. The Morgan fingerprint density at radius 3 is 2.27 bits per heavy atom. The number of nitrogens with one attached hydrogen (secondary N) is 3. The lowest BCUT2D eigenvalue weighted by Crippen LogP contribution is -2.36. The highest BCUT2D eigenvalue weighted by molar-refractivity contribution is 6.36. The molecule has 3 amide bonds. The van der Waals surface area contributed by atoms with E-state index < -0.39 is 5.91 Å². The van der Waals surface area contributed by atoms with Crippen molar-refractivity contribution in [1.29, 1.82) is 0 Å². The van der Waals surface area contributed by atoms with E-state index in [2.05, 4.69) is 16.0 Å². The van der Waals surface area contributed by atoms with Gasteiger partial charge >= 0.3 is 0 Å². The van der Waals surface area contributed by atoms with Crippen LogP contribution in [0.5, 0.6) is 0 Å². The molecule has 0 saturated heterocycles. The molecule has 0 aliphatic rings. The molecule has 0 atom stereocenters. The molecule has 136 valence electrons. The zero-order valence-corrected chi connectivity index (χ0v) is 15.4. The minimum Gasteiger partial charge on any atom is -0.350 e. The molecule has 2 aromatic rings. The van der Waals surface area contributed by atoms with Gasteiger partial charge in [0, 0.05) is 24.2 Å². The summed E-state index contributed by atoms with van der Waals surface area (Å²) in [6, 6.07) is 11.6. The van der Waals surface area contributed by atoms with E-state index in [0.29, 0.717) is 17.3 Å². The van der Waals surface area contributed by atoms with Crippen molar-refractivity contribution >= 4 is 46.6 Å². The molecule has 0 heterocycles. The SMILES string of the molecule is CC(=O)Nc1ccc(CNC(=O)CNC(=O)c2ccc(Cl)cc2Cl)cc1. The summed E-state index contributed by atoms with van der Waals surface area (Å²) in [5, 5.41) is 8.50. The maximum atomic E-state index is 12.0. The summed E-state index contributed by atoms with van der Waals surface area (Å²) in [5.41, 5.74) is 1.79. The first kappa shape index (κ1) is 19.8. The van der Waals surface area contributed by atoms with Gasteiger partial charge in [-0.25, -0.2) is 0 Å². The van der Waals surface area contributed by atoms with E-state index in [-0.39, 0.29) is 28.9 Å². The van der Waals surface area contributed by atoms with E-state index >= 15 is 0 Å². The molecule has 0 radical (unpaired) electrons. The van der Waals surface area contributed by atoms with Gasteiger partial charge in [0.2, 0.25) is 11.8 Å². The molecular formula is C18H17Cl2N3O3. The predicted molar refractivity (Wildman–Crippen MR) is 101 cm³/mol. The van der Waals surface area contributed by atoms with Crippen LogP contribution in [-0.2, 0) is 16.1 Å². The largest absolute Gasteiger partial charge is 0.350 e. The Balaban J connectivity index is 1.79. The summed E-state index contributed by atoms with van der Waals surface area (Å²) in [6.07, 6.45) is 0. The molecule has 6 nitrogen and oxygen atoms in total. The summed E-state index contributed by atoms with van der Waals surface area (Å²) < 4.78 is 0. The van der Waals surface area contributed by atoms with Crippen LogP contribution in [0.25, 0.3) is 0 Å². The second-order valence-corrected chi connectivity index (χ2v) is 6.31.